The molecule has 0 radical (unpaired) electrons. The molecule has 0 atom stereocenters. The number of aromatic nitrogens is 3. The van der Waals surface area contributed by atoms with Crippen LogP contribution >= 0.6 is 0 Å². The van der Waals surface area contributed by atoms with Crippen LogP contribution in [0.5, 0.6) is 0 Å². The fraction of sp³-hybridized carbons (Fsp3) is 0.550. The lowest BCUT2D eigenvalue weighted by Gasteiger charge is -2.29. The molecule has 1 fully saturated rings. The zero-order valence-electron chi connectivity index (χ0n) is 17.1. The van der Waals surface area contributed by atoms with E-state index in [2.05, 4.69) is 4.98 Å². The van der Waals surface area contributed by atoms with Crippen molar-refractivity contribution < 1.29 is 18.3 Å². The van der Waals surface area contributed by atoms with Gasteiger partial charge in [0.25, 0.3) is 6.43 Å². The number of halogens is 2. The SMILES string of the molecule is CC(=O)N1CCc2c(c(N(C)c3cc(C(F)F)c(N)cn3)nn2C2CCOCC2)C1. The van der Waals surface area contributed by atoms with Crippen LogP contribution in [-0.2, 0) is 22.5 Å². The molecule has 8 nitrogen and oxygen atoms in total. The van der Waals surface area contributed by atoms with Crippen molar-refractivity contribution in [2.75, 3.05) is 37.4 Å². The summed E-state index contributed by atoms with van der Waals surface area (Å²) in [4.78, 5) is 19.7. The van der Waals surface area contributed by atoms with Gasteiger partial charge >= 0.3 is 0 Å². The maximum Gasteiger partial charge on any atom is 0.266 e. The molecule has 2 aromatic heterocycles. The largest absolute Gasteiger partial charge is 0.397 e. The summed E-state index contributed by atoms with van der Waals surface area (Å²) in [6.07, 6.45) is 0.982. The van der Waals surface area contributed by atoms with E-state index in [0.717, 1.165) is 24.1 Å². The molecule has 1 saturated heterocycles. The van der Waals surface area contributed by atoms with Gasteiger partial charge in [0, 0.05) is 57.0 Å². The monoisotopic (exact) mass is 420 g/mol. The minimum Gasteiger partial charge on any atom is -0.397 e. The highest BCUT2D eigenvalue weighted by Crippen LogP contribution is 2.36. The van der Waals surface area contributed by atoms with Gasteiger partial charge in [-0.15, -0.1) is 0 Å². The Bertz CT molecular complexity index is 942. The van der Waals surface area contributed by atoms with Gasteiger partial charge in [0.05, 0.1) is 24.5 Å². The van der Waals surface area contributed by atoms with Crippen LogP contribution < -0.4 is 10.6 Å². The van der Waals surface area contributed by atoms with Gasteiger partial charge < -0.3 is 20.3 Å². The molecule has 0 bridgehead atoms. The van der Waals surface area contributed by atoms with Crippen molar-refractivity contribution in [2.45, 2.75) is 45.2 Å². The Kier molecular flexibility index (Phi) is 5.59. The summed E-state index contributed by atoms with van der Waals surface area (Å²) in [7, 11) is 1.75. The number of alkyl halides is 2. The first kappa shape index (κ1) is 20.5. The van der Waals surface area contributed by atoms with E-state index in [-0.39, 0.29) is 23.2 Å². The van der Waals surface area contributed by atoms with E-state index in [0.29, 0.717) is 44.4 Å². The van der Waals surface area contributed by atoms with Crippen LogP contribution in [0.4, 0.5) is 26.1 Å². The number of carbonyl (C=O) groups is 1. The molecule has 0 spiro atoms. The van der Waals surface area contributed by atoms with Crippen molar-refractivity contribution in [3.05, 3.63) is 29.1 Å². The van der Waals surface area contributed by atoms with Crippen LogP contribution in [0.25, 0.3) is 0 Å². The van der Waals surface area contributed by atoms with Crippen molar-refractivity contribution in [1.82, 2.24) is 19.7 Å². The second kappa shape index (κ2) is 8.17. The number of rotatable bonds is 4. The van der Waals surface area contributed by atoms with Crippen LogP contribution in [0.3, 0.4) is 0 Å². The van der Waals surface area contributed by atoms with E-state index in [4.69, 9.17) is 15.6 Å². The molecule has 4 rings (SSSR count). The molecule has 0 aromatic carbocycles. The van der Waals surface area contributed by atoms with Crippen molar-refractivity contribution in [3.8, 4) is 0 Å². The lowest BCUT2D eigenvalue weighted by Crippen LogP contribution is -2.35. The van der Waals surface area contributed by atoms with Crippen LogP contribution in [0, 0.1) is 0 Å². The average molecular weight is 420 g/mol. The highest BCUT2D eigenvalue weighted by molar-refractivity contribution is 5.74. The van der Waals surface area contributed by atoms with Gasteiger partial charge in [0.2, 0.25) is 5.91 Å². The number of carbonyl (C=O) groups excluding carboxylic acids is 1. The standard InChI is InChI=1S/C20H26F2N6O2/c1-12(29)27-6-3-17-15(11-27)20(25-28(17)13-4-7-30-8-5-13)26(2)18-9-14(19(21)22)16(23)10-24-18/h9-10,13,19H,3-8,11,23H2,1-2H3. The van der Waals surface area contributed by atoms with Crippen molar-refractivity contribution in [1.29, 1.82) is 0 Å². The Morgan fingerprint density at radius 2 is 2.10 bits per heavy atom. The molecule has 0 saturated carbocycles. The number of pyridine rings is 1. The number of ether oxygens (including phenoxy) is 1. The molecule has 162 valence electrons. The number of nitrogens with zero attached hydrogens (tertiary/aromatic N) is 5. The second-order valence-electron chi connectivity index (χ2n) is 7.76. The molecule has 2 aliphatic rings. The molecule has 1 amide bonds. The highest BCUT2D eigenvalue weighted by Gasteiger charge is 2.31. The number of fused-ring (bicyclic) bond motifs is 1. The van der Waals surface area contributed by atoms with Crippen LogP contribution in [-0.4, -0.2) is 52.4 Å². The van der Waals surface area contributed by atoms with Gasteiger partial charge in [-0.2, -0.15) is 5.10 Å². The lowest BCUT2D eigenvalue weighted by atomic mass is 10.0. The Hall–Kier alpha value is -2.75. The summed E-state index contributed by atoms with van der Waals surface area (Å²) >= 11 is 0. The van der Waals surface area contributed by atoms with E-state index in [1.54, 1.807) is 23.8 Å². The third-order valence-electron chi connectivity index (χ3n) is 5.90. The van der Waals surface area contributed by atoms with E-state index in [9.17, 15) is 13.6 Å². The first-order chi connectivity index (χ1) is 14.4. The number of hydrogen-bond donors (Lipinski definition) is 1. The summed E-state index contributed by atoms with van der Waals surface area (Å²) in [5.74, 6) is 0.956. The molecule has 2 aliphatic heterocycles. The van der Waals surface area contributed by atoms with Crippen molar-refractivity contribution in [2.24, 2.45) is 0 Å². The zero-order valence-corrected chi connectivity index (χ0v) is 17.1. The molecule has 30 heavy (non-hydrogen) atoms. The van der Waals surface area contributed by atoms with E-state index < -0.39 is 6.43 Å². The normalized spacial score (nSPS) is 17.3. The number of nitrogens with two attached hydrogens (primary N) is 1. The molecule has 0 aliphatic carbocycles. The molecule has 4 heterocycles. The molecule has 2 N–H and O–H groups in total. The fourth-order valence-corrected chi connectivity index (χ4v) is 4.15. The summed E-state index contributed by atoms with van der Waals surface area (Å²) in [5, 5.41) is 4.87. The molecule has 2 aromatic rings. The average Bonchev–Trinajstić information content (AvgIpc) is 3.13. The summed E-state index contributed by atoms with van der Waals surface area (Å²) in [6, 6.07) is 1.51. The van der Waals surface area contributed by atoms with E-state index in [1.807, 2.05) is 4.68 Å². The van der Waals surface area contributed by atoms with E-state index >= 15 is 0 Å². The maximum absolute atomic E-state index is 13.3. The predicted molar refractivity (Wildman–Crippen MR) is 108 cm³/mol. The Morgan fingerprint density at radius 3 is 2.77 bits per heavy atom. The summed E-state index contributed by atoms with van der Waals surface area (Å²) in [5.41, 5.74) is 7.38. The number of nitrogen functional groups attached to an aromatic ring is 1. The van der Waals surface area contributed by atoms with Gasteiger partial charge in [-0.25, -0.2) is 13.8 Å². The van der Waals surface area contributed by atoms with Gasteiger partial charge in [-0.05, 0) is 18.9 Å². The summed E-state index contributed by atoms with van der Waals surface area (Å²) < 4.78 is 34.2. The molecule has 10 heteroatoms. The lowest BCUT2D eigenvalue weighted by molar-refractivity contribution is -0.129. The van der Waals surface area contributed by atoms with Crippen LogP contribution in [0.15, 0.2) is 12.3 Å². The van der Waals surface area contributed by atoms with Crippen molar-refractivity contribution in [3.63, 3.8) is 0 Å². The first-order valence-electron chi connectivity index (χ1n) is 10.1. The first-order valence-corrected chi connectivity index (χ1v) is 10.1. The quantitative estimate of drug-likeness (QED) is 0.818. The summed E-state index contributed by atoms with van der Waals surface area (Å²) in [6.45, 7) is 3.98. The minimum atomic E-state index is -2.69. The van der Waals surface area contributed by atoms with Gasteiger partial charge in [-0.1, -0.05) is 0 Å². The second-order valence-corrected chi connectivity index (χ2v) is 7.76. The number of anilines is 3. The Labute approximate surface area is 173 Å². The highest BCUT2D eigenvalue weighted by atomic mass is 19.3. The van der Waals surface area contributed by atoms with Crippen molar-refractivity contribution >= 4 is 23.2 Å². The molecular weight excluding hydrogens is 394 g/mol. The predicted octanol–water partition coefficient (Wildman–Crippen LogP) is 2.82. The Balaban J connectivity index is 1.76. The Morgan fingerprint density at radius 1 is 1.37 bits per heavy atom. The van der Waals surface area contributed by atoms with Crippen LogP contribution in [0.2, 0.25) is 0 Å². The maximum atomic E-state index is 13.3. The van der Waals surface area contributed by atoms with Gasteiger partial charge in [0.1, 0.15) is 5.82 Å². The van der Waals surface area contributed by atoms with E-state index in [1.165, 1.54) is 12.3 Å². The topological polar surface area (TPSA) is 89.5 Å². The van der Waals surface area contributed by atoms with Crippen LogP contribution in [0.1, 0.15) is 49.1 Å². The minimum absolute atomic E-state index is 0.00124. The zero-order chi connectivity index (χ0) is 21.4. The fourth-order valence-electron chi connectivity index (χ4n) is 4.15. The number of amides is 1. The molecular formula is C20H26F2N6O2. The third kappa shape index (κ3) is 3.71. The smallest absolute Gasteiger partial charge is 0.266 e. The van der Waals surface area contributed by atoms with Gasteiger partial charge in [-0.3, -0.25) is 9.48 Å². The third-order valence-corrected chi connectivity index (χ3v) is 5.90. The molecule has 0 unspecified atom stereocenters. The van der Waals surface area contributed by atoms with Gasteiger partial charge in [0.15, 0.2) is 5.82 Å². The number of hydrogen-bond acceptors (Lipinski definition) is 6.